The number of rotatable bonds is 6. The third-order valence-electron chi connectivity index (χ3n) is 4.21. The number of hydrogen-bond donors (Lipinski definition) is 1. The van der Waals surface area contributed by atoms with Crippen LogP contribution in [0, 0.1) is 0 Å². The smallest absolute Gasteiger partial charge is 0.481 e. The van der Waals surface area contributed by atoms with Crippen LogP contribution in [0.4, 0.5) is 0 Å². The van der Waals surface area contributed by atoms with Crippen LogP contribution in [-0.2, 0) is 20.6 Å². The van der Waals surface area contributed by atoms with Crippen LogP contribution in [0.5, 0.6) is 0 Å². The Labute approximate surface area is 125 Å². The van der Waals surface area contributed by atoms with Gasteiger partial charge >= 0.3 is 13.1 Å². The number of hydrogen-bond acceptors (Lipinski definition) is 4. The summed E-state index contributed by atoms with van der Waals surface area (Å²) in [4.78, 5) is 10.5. The molecule has 0 radical (unpaired) electrons. The number of aryl methyl sites for hydroxylation is 1. The minimum absolute atomic E-state index is 0.200. The summed E-state index contributed by atoms with van der Waals surface area (Å²) in [6.45, 7) is 8.77. The third-order valence-corrected chi connectivity index (χ3v) is 4.21. The lowest BCUT2D eigenvalue weighted by Gasteiger charge is -2.32. The van der Waals surface area contributed by atoms with Crippen molar-refractivity contribution in [2.75, 3.05) is 0 Å². The molecule has 0 unspecified atom stereocenters. The first-order chi connectivity index (χ1) is 9.71. The Balaban J connectivity index is 1.91. The van der Waals surface area contributed by atoms with Crippen LogP contribution in [0.2, 0.25) is 0 Å². The van der Waals surface area contributed by atoms with Gasteiger partial charge in [-0.3, -0.25) is 9.48 Å². The zero-order valence-electron chi connectivity index (χ0n) is 13.1. The first kappa shape index (κ1) is 16.0. The average Bonchev–Trinajstić information content (AvgIpc) is 2.88. The Morgan fingerprint density at radius 2 is 1.90 bits per heavy atom. The lowest BCUT2D eigenvalue weighted by atomic mass is 9.82. The number of carboxylic acid groups (broad SMARTS) is 1. The van der Waals surface area contributed by atoms with E-state index in [1.807, 2.05) is 38.6 Å². The first-order valence-corrected chi connectivity index (χ1v) is 7.31. The molecule has 0 aliphatic carbocycles. The molecule has 7 heteroatoms. The monoisotopic (exact) mass is 294 g/mol. The van der Waals surface area contributed by atoms with Crippen molar-refractivity contribution in [3.63, 3.8) is 0 Å². The van der Waals surface area contributed by atoms with E-state index in [9.17, 15) is 4.79 Å². The van der Waals surface area contributed by atoms with Gasteiger partial charge in [-0.25, -0.2) is 0 Å². The quantitative estimate of drug-likeness (QED) is 0.635. The highest BCUT2D eigenvalue weighted by Crippen LogP contribution is 2.36. The second-order valence-corrected chi connectivity index (χ2v) is 6.48. The van der Waals surface area contributed by atoms with Gasteiger partial charge in [0.05, 0.1) is 11.2 Å². The van der Waals surface area contributed by atoms with Crippen LogP contribution >= 0.6 is 0 Å². The summed E-state index contributed by atoms with van der Waals surface area (Å²) < 4.78 is 13.7. The van der Waals surface area contributed by atoms with E-state index in [-0.39, 0.29) is 17.6 Å². The number of nitrogens with zero attached hydrogens (tertiary/aromatic N) is 2. The topological polar surface area (TPSA) is 73.6 Å². The molecule has 0 spiro atoms. The molecule has 1 aliphatic rings. The fraction of sp³-hybridized carbons (Fsp3) is 0.714. The molecule has 0 saturated carbocycles. The van der Waals surface area contributed by atoms with Gasteiger partial charge in [-0.1, -0.05) is 0 Å². The molecule has 0 bridgehead atoms. The van der Waals surface area contributed by atoms with E-state index in [0.29, 0.717) is 13.0 Å². The molecule has 1 saturated heterocycles. The number of unbranched alkanes of at least 4 members (excludes halogenated alkanes) is 1. The van der Waals surface area contributed by atoms with Gasteiger partial charge in [-0.15, -0.1) is 0 Å². The van der Waals surface area contributed by atoms with Crippen LogP contribution in [0.1, 0.15) is 47.0 Å². The summed E-state index contributed by atoms with van der Waals surface area (Å²) in [5.41, 5.74) is 0.176. The Kier molecular flexibility index (Phi) is 4.44. The van der Waals surface area contributed by atoms with Crippen LogP contribution < -0.4 is 5.46 Å². The normalized spacial score (nSPS) is 19.9. The number of carboxylic acids is 1. The lowest BCUT2D eigenvalue weighted by molar-refractivity contribution is -0.137. The van der Waals surface area contributed by atoms with Gasteiger partial charge in [0, 0.05) is 30.8 Å². The minimum atomic E-state index is -0.756. The largest absolute Gasteiger partial charge is 0.498 e. The van der Waals surface area contributed by atoms with E-state index in [2.05, 4.69) is 5.10 Å². The van der Waals surface area contributed by atoms with Gasteiger partial charge in [0.25, 0.3) is 0 Å². The van der Waals surface area contributed by atoms with Crippen LogP contribution in [0.15, 0.2) is 12.4 Å². The van der Waals surface area contributed by atoms with Gasteiger partial charge in [0.1, 0.15) is 0 Å². The fourth-order valence-electron chi connectivity index (χ4n) is 2.15. The molecule has 1 aromatic rings. The number of aromatic nitrogens is 2. The molecule has 1 aromatic heterocycles. The lowest BCUT2D eigenvalue weighted by Crippen LogP contribution is -2.41. The average molecular weight is 294 g/mol. The van der Waals surface area contributed by atoms with Crippen molar-refractivity contribution in [1.29, 1.82) is 0 Å². The molecule has 21 heavy (non-hydrogen) atoms. The van der Waals surface area contributed by atoms with E-state index in [0.717, 1.165) is 11.9 Å². The molecule has 2 rings (SSSR count). The van der Waals surface area contributed by atoms with Gasteiger partial charge in [0.2, 0.25) is 0 Å². The summed E-state index contributed by atoms with van der Waals surface area (Å²) >= 11 is 0. The highest BCUT2D eigenvalue weighted by molar-refractivity contribution is 6.61. The Bertz CT molecular complexity index is 497. The molecule has 1 fully saturated rings. The fourth-order valence-corrected chi connectivity index (χ4v) is 2.15. The highest BCUT2D eigenvalue weighted by Gasteiger charge is 2.52. The van der Waals surface area contributed by atoms with Gasteiger partial charge in [-0.05, 0) is 40.5 Å². The van der Waals surface area contributed by atoms with E-state index in [1.165, 1.54) is 0 Å². The van der Waals surface area contributed by atoms with E-state index < -0.39 is 13.1 Å². The minimum Gasteiger partial charge on any atom is -0.481 e. The van der Waals surface area contributed by atoms with E-state index >= 15 is 0 Å². The van der Waals surface area contributed by atoms with E-state index in [1.54, 1.807) is 6.20 Å². The van der Waals surface area contributed by atoms with Crippen molar-refractivity contribution in [2.24, 2.45) is 0 Å². The highest BCUT2D eigenvalue weighted by atomic mass is 16.7. The van der Waals surface area contributed by atoms with Gasteiger partial charge < -0.3 is 14.4 Å². The van der Waals surface area contributed by atoms with Crippen molar-refractivity contribution in [3.8, 4) is 0 Å². The first-order valence-electron chi connectivity index (χ1n) is 7.31. The Morgan fingerprint density at radius 3 is 2.48 bits per heavy atom. The SMILES string of the molecule is CC1(C)OB(c2cnn(CCCCC(=O)O)c2)OC1(C)C. The van der Waals surface area contributed by atoms with Crippen molar-refractivity contribution >= 4 is 18.6 Å². The standard InChI is InChI=1S/C14H23BN2O4/c1-13(2)14(3,4)21-15(20-13)11-9-16-17(10-11)8-6-5-7-12(18)19/h9-10H,5-8H2,1-4H3,(H,18,19). The predicted molar refractivity (Wildman–Crippen MR) is 79.4 cm³/mol. The van der Waals surface area contributed by atoms with Crippen molar-refractivity contribution < 1.29 is 19.2 Å². The summed E-state index contributed by atoms with van der Waals surface area (Å²) in [7, 11) is -0.400. The molecular weight excluding hydrogens is 271 g/mol. The molecular formula is C14H23BN2O4. The molecule has 0 aromatic carbocycles. The van der Waals surface area contributed by atoms with Crippen molar-refractivity contribution in [1.82, 2.24) is 9.78 Å². The Morgan fingerprint density at radius 1 is 1.29 bits per heavy atom. The summed E-state index contributed by atoms with van der Waals surface area (Å²) in [5, 5.41) is 12.9. The zero-order chi connectivity index (χ0) is 15.7. The predicted octanol–water partition coefficient (Wildman–Crippen LogP) is 1.44. The summed E-state index contributed by atoms with van der Waals surface area (Å²) in [6.07, 6.45) is 5.30. The molecule has 6 nitrogen and oxygen atoms in total. The van der Waals surface area contributed by atoms with Crippen LogP contribution in [-0.4, -0.2) is 39.2 Å². The Hall–Kier alpha value is -1.34. The maximum atomic E-state index is 10.5. The second-order valence-electron chi connectivity index (χ2n) is 6.48. The van der Waals surface area contributed by atoms with Crippen molar-refractivity contribution in [2.45, 2.75) is 64.7 Å². The van der Waals surface area contributed by atoms with Gasteiger partial charge in [0.15, 0.2) is 0 Å². The van der Waals surface area contributed by atoms with E-state index in [4.69, 9.17) is 14.4 Å². The summed E-state index contributed by atoms with van der Waals surface area (Å²) in [6, 6.07) is 0. The van der Waals surface area contributed by atoms with Crippen molar-refractivity contribution in [3.05, 3.63) is 12.4 Å². The summed E-state index contributed by atoms with van der Waals surface area (Å²) in [5.74, 6) is -0.756. The maximum absolute atomic E-state index is 10.5. The molecule has 1 N–H and O–H groups in total. The maximum Gasteiger partial charge on any atom is 0.498 e. The van der Waals surface area contributed by atoms with Crippen LogP contribution in [0.25, 0.3) is 0 Å². The zero-order valence-corrected chi connectivity index (χ0v) is 13.1. The second kappa shape index (κ2) is 5.81. The third kappa shape index (κ3) is 3.65. The molecule has 1 aliphatic heterocycles. The molecule has 2 heterocycles. The van der Waals surface area contributed by atoms with Gasteiger partial charge in [-0.2, -0.15) is 5.10 Å². The molecule has 0 atom stereocenters. The number of aliphatic carboxylic acids is 1. The number of carbonyl (C=O) groups is 1. The van der Waals surface area contributed by atoms with Crippen LogP contribution in [0.3, 0.4) is 0 Å². The molecule has 0 amide bonds. The molecule has 116 valence electrons.